The van der Waals surface area contributed by atoms with Gasteiger partial charge in [-0.05, 0) is 49.2 Å². The second-order valence-electron chi connectivity index (χ2n) is 5.93. The third kappa shape index (κ3) is 3.67. The Labute approximate surface area is 140 Å². The lowest BCUT2D eigenvalue weighted by atomic mass is 10.1. The van der Waals surface area contributed by atoms with Gasteiger partial charge in [-0.3, -0.25) is 14.6 Å². The van der Waals surface area contributed by atoms with Crippen LogP contribution in [0, 0.1) is 5.82 Å². The smallest absolute Gasteiger partial charge is 0.223 e. The van der Waals surface area contributed by atoms with Crippen LogP contribution in [0.5, 0.6) is 0 Å². The highest BCUT2D eigenvalue weighted by atomic mass is 19.1. The van der Waals surface area contributed by atoms with Crippen molar-refractivity contribution in [1.82, 2.24) is 9.88 Å². The number of pyridine rings is 1. The summed E-state index contributed by atoms with van der Waals surface area (Å²) >= 11 is 0. The minimum absolute atomic E-state index is 0.000349. The van der Waals surface area contributed by atoms with Gasteiger partial charge in [0.15, 0.2) is 5.78 Å². The lowest BCUT2D eigenvalue weighted by Gasteiger charge is -2.24. The Balaban J connectivity index is 1.60. The SMILES string of the molecule is O=C(CCC(=O)N1CCC[C@@H]1c1ccccn1)c1ccc(F)cc1. The van der Waals surface area contributed by atoms with Crippen LogP contribution in [0.1, 0.15) is 47.8 Å². The molecule has 1 aliphatic heterocycles. The van der Waals surface area contributed by atoms with Gasteiger partial charge in [0.1, 0.15) is 5.82 Å². The molecule has 1 aromatic carbocycles. The predicted octanol–water partition coefficient (Wildman–Crippen LogP) is 3.55. The number of rotatable bonds is 5. The zero-order valence-corrected chi connectivity index (χ0v) is 13.3. The molecule has 1 aliphatic rings. The first-order valence-corrected chi connectivity index (χ1v) is 8.14. The average Bonchev–Trinajstić information content (AvgIpc) is 3.10. The highest BCUT2D eigenvalue weighted by Crippen LogP contribution is 2.31. The molecule has 1 fully saturated rings. The van der Waals surface area contributed by atoms with Crippen molar-refractivity contribution >= 4 is 11.7 Å². The molecule has 2 aromatic rings. The van der Waals surface area contributed by atoms with E-state index >= 15 is 0 Å². The number of amides is 1. The Morgan fingerprint density at radius 2 is 1.92 bits per heavy atom. The number of ketones is 1. The van der Waals surface area contributed by atoms with Gasteiger partial charge in [0, 0.05) is 31.1 Å². The number of hydrogen-bond acceptors (Lipinski definition) is 3. The molecule has 0 unspecified atom stereocenters. The van der Waals surface area contributed by atoms with Crippen LogP contribution in [0.4, 0.5) is 4.39 Å². The summed E-state index contributed by atoms with van der Waals surface area (Å²) in [5.41, 5.74) is 1.33. The molecule has 0 spiro atoms. The molecular formula is C19H19FN2O2. The van der Waals surface area contributed by atoms with E-state index in [2.05, 4.69) is 4.98 Å². The number of halogens is 1. The minimum atomic E-state index is -0.377. The van der Waals surface area contributed by atoms with E-state index in [0.717, 1.165) is 18.5 Å². The van der Waals surface area contributed by atoms with Crippen molar-refractivity contribution in [2.45, 2.75) is 31.7 Å². The van der Waals surface area contributed by atoms with Crippen molar-refractivity contribution in [2.24, 2.45) is 0 Å². The van der Waals surface area contributed by atoms with Gasteiger partial charge in [0.05, 0.1) is 11.7 Å². The molecule has 5 heteroatoms. The number of likely N-dealkylation sites (tertiary alicyclic amines) is 1. The zero-order chi connectivity index (χ0) is 16.9. The summed E-state index contributed by atoms with van der Waals surface area (Å²) in [6.45, 7) is 0.699. The first-order valence-electron chi connectivity index (χ1n) is 8.14. The van der Waals surface area contributed by atoms with Crippen LogP contribution in [-0.2, 0) is 4.79 Å². The number of carbonyl (C=O) groups excluding carboxylic acids is 2. The number of aromatic nitrogens is 1. The molecule has 0 radical (unpaired) electrons. The summed E-state index contributed by atoms with van der Waals surface area (Å²) in [6, 6.07) is 11.1. The summed E-state index contributed by atoms with van der Waals surface area (Å²) in [5, 5.41) is 0. The highest BCUT2D eigenvalue weighted by Gasteiger charge is 2.30. The van der Waals surface area contributed by atoms with Gasteiger partial charge < -0.3 is 4.90 Å². The molecule has 1 atom stereocenters. The summed E-state index contributed by atoms with van der Waals surface area (Å²) in [6.07, 6.45) is 3.87. The van der Waals surface area contributed by atoms with Gasteiger partial charge in [-0.1, -0.05) is 6.07 Å². The van der Waals surface area contributed by atoms with Crippen LogP contribution in [0.2, 0.25) is 0 Å². The lowest BCUT2D eigenvalue weighted by molar-refractivity contribution is -0.132. The largest absolute Gasteiger partial charge is 0.334 e. The fourth-order valence-corrected chi connectivity index (χ4v) is 3.09. The summed E-state index contributed by atoms with van der Waals surface area (Å²) in [4.78, 5) is 30.8. The predicted molar refractivity (Wildman–Crippen MR) is 87.9 cm³/mol. The first-order chi connectivity index (χ1) is 11.6. The van der Waals surface area contributed by atoms with E-state index in [0.29, 0.717) is 12.1 Å². The van der Waals surface area contributed by atoms with Gasteiger partial charge in [-0.2, -0.15) is 0 Å². The van der Waals surface area contributed by atoms with E-state index in [9.17, 15) is 14.0 Å². The van der Waals surface area contributed by atoms with Crippen LogP contribution in [0.15, 0.2) is 48.7 Å². The average molecular weight is 326 g/mol. The van der Waals surface area contributed by atoms with E-state index in [-0.39, 0.29) is 36.4 Å². The highest BCUT2D eigenvalue weighted by molar-refractivity contribution is 5.97. The lowest BCUT2D eigenvalue weighted by Crippen LogP contribution is -2.31. The molecule has 0 bridgehead atoms. The summed E-state index contributed by atoms with van der Waals surface area (Å²) in [5.74, 6) is -0.548. The van der Waals surface area contributed by atoms with Crippen LogP contribution >= 0.6 is 0 Å². The Bertz CT molecular complexity index is 716. The fourth-order valence-electron chi connectivity index (χ4n) is 3.09. The van der Waals surface area contributed by atoms with Gasteiger partial charge in [0.25, 0.3) is 0 Å². The molecule has 1 amide bonds. The minimum Gasteiger partial charge on any atom is -0.334 e. The molecule has 2 heterocycles. The molecule has 1 saturated heterocycles. The molecule has 124 valence electrons. The quantitative estimate of drug-likeness (QED) is 0.790. The van der Waals surface area contributed by atoms with E-state index in [1.807, 2.05) is 23.1 Å². The van der Waals surface area contributed by atoms with Crippen molar-refractivity contribution in [3.05, 3.63) is 65.7 Å². The number of hydrogen-bond donors (Lipinski definition) is 0. The number of benzene rings is 1. The fraction of sp³-hybridized carbons (Fsp3) is 0.316. The standard InChI is InChI=1S/C19H19FN2O2/c20-15-8-6-14(7-9-15)18(23)10-11-19(24)22-13-3-5-17(22)16-4-1-2-12-21-16/h1-2,4,6-9,12,17H,3,5,10-11,13H2/t17-/m1/s1. The van der Waals surface area contributed by atoms with E-state index in [1.54, 1.807) is 6.20 Å². The van der Waals surface area contributed by atoms with Gasteiger partial charge >= 0.3 is 0 Å². The first kappa shape index (κ1) is 16.3. The van der Waals surface area contributed by atoms with Crippen molar-refractivity contribution in [3.63, 3.8) is 0 Å². The number of nitrogens with zero attached hydrogens (tertiary/aromatic N) is 2. The summed E-state index contributed by atoms with van der Waals surface area (Å²) in [7, 11) is 0. The maximum Gasteiger partial charge on any atom is 0.223 e. The Kier molecular flexibility index (Phi) is 4.99. The molecule has 1 aromatic heterocycles. The van der Waals surface area contributed by atoms with E-state index in [4.69, 9.17) is 0 Å². The van der Waals surface area contributed by atoms with Crippen molar-refractivity contribution in [2.75, 3.05) is 6.54 Å². The Morgan fingerprint density at radius 3 is 2.62 bits per heavy atom. The van der Waals surface area contributed by atoms with E-state index in [1.165, 1.54) is 24.3 Å². The van der Waals surface area contributed by atoms with Crippen LogP contribution < -0.4 is 0 Å². The molecular weight excluding hydrogens is 307 g/mol. The normalized spacial score (nSPS) is 17.0. The van der Waals surface area contributed by atoms with Crippen molar-refractivity contribution < 1.29 is 14.0 Å². The second kappa shape index (κ2) is 7.34. The van der Waals surface area contributed by atoms with Gasteiger partial charge in [-0.25, -0.2) is 4.39 Å². The molecule has 0 saturated carbocycles. The van der Waals surface area contributed by atoms with Crippen molar-refractivity contribution in [1.29, 1.82) is 0 Å². The van der Waals surface area contributed by atoms with Crippen LogP contribution in [-0.4, -0.2) is 28.1 Å². The van der Waals surface area contributed by atoms with Crippen molar-refractivity contribution in [3.8, 4) is 0 Å². The van der Waals surface area contributed by atoms with Gasteiger partial charge in [0.2, 0.25) is 5.91 Å². The van der Waals surface area contributed by atoms with Gasteiger partial charge in [-0.15, -0.1) is 0 Å². The molecule has 4 nitrogen and oxygen atoms in total. The maximum absolute atomic E-state index is 12.9. The summed E-state index contributed by atoms with van der Waals surface area (Å²) < 4.78 is 12.9. The monoisotopic (exact) mass is 326 g/mol. The van der Waals surface area contributed by atoms with Crippen LogP contribution in [0.25, 0.3) is 0 Å². The topological polar surface area (TPSA) is 50.3 Å². The molecule has 0 N–H and O–H groups in total. The zero-order valence-electron chi connectivity index (χ0n) is 13.3. The second-order valence-corrected chi connectivity index (χ2v) is 5.93. The maximum atomic E-state index is 12.9. The van der Waals surface area contributed by atoms with Crippen LogP contribution in [0.3, 0.4) is 0 Å². The van der Waals surface area contributed by atoms with E-state index < -0.39 is 0 Å². The Morgan fingerprint density at radius 1 is 1.12 bits per heavy atom. The third-order valence-electron chi connectivity index (χ3n) is 4.33. The third-order valence-corrected chi connectivity index (χ3v) is 4.33. The molecule has 24 heavy (non-hydrogen) atoms. The number of carbonyl (C=O) groups is 2. The number of Topliss-reactive ketones (excluding diaryl/α,β-unsaturated/α-hetero) is 1. The molecule has 3 rings (SSSR count). The molecule has 0 aliphatic carbocycles. The Hall–Kier alpha value is -2.56.